The van der Waals surface area contributed by atoms with Gasteiger partial charge in [0, 0.05) is 10.4 Å². The van der Waals surface area contributed by atoms with Crippen molar-refractivity contribution in [3.05, 3.63) is 75.3 Å². The fourth-order valence-corrected chi connectivity index (χ4v) is 3.34. The Kier molecular flexibility index (Phi) is 3.56. The molecule has 0 fully saturated rings. The van der Waals surface area contributed by atoms with Gasteiger partial charge in [0.1, 0.15) is 0 Å². The van der Waals surface area contributed by atoms with E-state index in [4.69, 9.17) is 0 Å². The average molecular weight is 313 g/mol. The Labute approximate surface area is 123 Å². The minimum atomic E-state index is 0.406. The van der Waals surface area contributed by atoms with Crippen molar-refractivity contribution in [2.45, 2.75) is 25.7 Å². The number of aryl methyl sites for hydroxylation is 1. The van der Waals surface area contributed by atoms with Crippen molar-refractivity contribution in [3.63, 3.8) is 0 Å². The molecule has 0 N–H and O–H groups in total. The quantitative estimate of drug-likeness (QED) is 0.696. The Morgan fingerprint density at radius 1 is 1.11 bits per heavy atom. The Bertz CT molecular complexity index is 611. The van der Waals surface area contributed by atoms with Gasteiger partial charge >= 0.3 is 0 Å². The van der Waals surface area contributed by atoms with E-state index in [1.54, 1.807) is 0 Å². The monoisotopic (exact) mass is 312 g/mol. The molecule has 1 unspecified atom stereocenters. The van der Waals surface area contributed by atoms with Gasteiger partial charge in [-0.05, 0) is 34.7 Å². The molecule has 3 rings (SSSR count). The summed E-state index contributed by atoms with van der Waals surface area (Å²) in [6.07, 6.45) is 6.89. The van der Waals surface area contributed by atoms with Gasteiger partial charge in [-0.2, -0.15) is 0 Å². The van der Waals surface area contributed by atoms with E-state index >= 15 is 0 Å². The first-order chi connectivity index (χ1) is 9.29. The van der Waals surface area contributed by atoms with Crippen molar-refractivity contribution in [1.82, 2.24) is 0 Å². The van der Waals surface area contributed by atoms with Gasteiger partial charge < -0.3 is 0 Å². The molecule has 0 heterocycles. The maximum absolute atomic E-state index is 3.72. The molecule has 1 aliphatic rings. The molecule has 0 radical (unpaired) electrons. The van der Waals surface area contributed by atoms with E-state index in [1.807, 2.05) is 0 Å². The minimum Gasteiger partial charge on any atom is -0.0720 e. The van der Waals surface area contributed by atoms with Gasteiger partial charge in [0.15, 0.2) is 0 Å². The highest BCUT2D eigenvalue weighted by Gasteiger charge is 2.20. The van der Waals surface area contributed by atoms with Gasteiger partial charge in [0.25, 0.3) is 0 Å². The van der Waals surface area contributed by atoms with Crippen LogP contribution in [0.5, 0.6) is 0 Å². The third-order valence-electron chi connectivity index (χ3n) is 3.73. The maximum Gasteiger partial charge on any atom is 0.0279 e. The molecular weight excluding hydrogens is 296 g/mol. The van der Waals surface area contributed by atoms with E-state index in [2.05, 4.69) is 77.5 Å². The van der Waals surface area contributed by atoms with Crippen LogP contribution in [0, 0.1) is 0 Å². The van der Waals surface area contributed by atoms with E-state index in [9.17, 15) is 0 Å². The van der Waals surface area contributed by atoms with Crippen LogP contribution in [-0.2, 0) is 6.42 Å². The molecule has 0 amide bonds. The first kappa shape index (κ1) is 12.7. The molecule has 2 aromatic carbocycles. The highest BCUT2D eigenvalue weighted by molar-refractivity contribution is 9.10. The van der Waals surface area contributed by atoms with Crippen LogP contribution in [0.4, 0.5) is 0 Å². The lowest BCUT2D eigenvalue weighted by molar-refractivity contribution is 0.913. The lowest BCUT2D eigenvalue weighted by Crippen LogP contribution is -1.97. The minimum absolute atomic E-state index is 0.406. The predicted octanol–water partition coefficient (Wildman–Crippen LogP) is 5.56. The van der Waals surface area contributed by atoms with Gasteiger partial charge in [-0.25, -0.2) is 0 Å². The van der Waals surface area contributed by atoms with Crippen LogP contribution in [0.2, 0.25) is 0 Å². The van der Waals surface area contributed by atoms with E-state index in [0.29, 0.717) is 5.92 Å². The van der Waals surface area contributed by atoms with Crippen LogP contribution in [-0.4, -0.2) is 0 Å². The fraction of sp³-hybridized carbons (Fsp3) is 0.222. The zero-order chi connectivity index (χ0) is 13.2. The SMILES string of the molecule is CCCc1cc2c(cc1Br)C(c1ccccc1)C=C2. The topological polar surface area (TPSA) is 0 Å². The van der Waals surface area contributed by atoms with E-state index in [0.717, 1.165) is 6.42 Å². The summed E-state index contributed by atoms with van der Waals surface area (Å²) in [7, 11) is 0. The summed E-state index contributed by atoms with van der Waals surface area (Å²) in [5.41, 5.74) is 5.57. The highest BCUT2D eigenvalue weighted by atomic mass is 79.9. The predicted molar refractivity (Wildman–Crippen MR) is 85.5 cm³/mol. The summed E-state index contributed by atoms with van der Waals surface area (Å²) in [4.78, 5) is 0. The van der Waals surface area contributed by atoms with Gasteiger partial charge in [-0.1, -0.05) is 77.8 Å². The Hall–Kier alpha value is -1.34. The molecular formula is C18H17Br. The van der Waals surface area contributed by atoms with Gasteiger partial charge in [-0.3, -0.25) is 0 Å². The summed E-state index contributed by atoms with van der Waals surface area (Å²) >= 11 is 3.72. The zero-order valence-corrected chi connectivity index (χ0v) is 12.7. The van der Waals surface area contributed by atoms with Crippen LogP contribution in [0.3, 0.4) is 0 Å². The second-order valence-corrected chi connectivity index (χ2v) is 5.92. The molecule has 0 saturated heterocycles. The number of allylic oxidation sites excluding steroid dienone is 1. The van der Waals surface area contributed by atoms with Crippen LogP contribution in [0.1, 0.15) is 41.5 Å². The maximum atomic E-state index is 3.72. The summed E-state index contributed by atoms with van der Waals surface area (Å²) in [6.45, 7) is 2.22. The molecule has 0 aliphatic heterocycles. The lowest BCUT2D eigenvalue weighted by atomic mass is 9.92. The molecule has 0 saturated carbocycles. The van der Waals surface area contributed by atoms with Gasteiger partial charge in [-0.15, -0.1) is 0 Å². The number of hydrogen-bond donors (Lipinski definition) is 0. The van der Waals surface area contributed by atoms with Crippen LogP contribution in [0.25, 0.3) is 6.08 Å². The normalized spacial score (nSPS) is 16.6. The molecule has 2 aromatic rings. The number of benzene rings is 2. The average Bonchev–Trinajstić information content (AvgIpc) is 2.83. The van der Waals surface area contributed by atoms with Gasteiger partial charge in [0.2, 0.25) is 0 Å². The largest absolute Gasteiger partial charge is 0.0720 e. The van der Waals surface area contributed by atoms with Crippen LogP contribution >= 0.6 is 15.9 Å². The molecule has 0 spiro atoms. The zero-order valence-electron chi connectivity index (χ0n) is 11.1. The summed E-state index contributed by atoms with van der Waals surface area (Å²) in [5, 5.41) is 0. The second-order valence-electron chi connectivity index (χ2n) is 5.07. The second kappa shape index (κ2) is 5.34. The fourth-order valence-electron chi connectivity index (χ4n) is 2.78. The van der Waals surface area contributed by atoms with Crippen LogP contribution in [0.15, 0.2) is 53.0 Å². The standard InChI is InChI=1S/C18H17Br/c1-2-6-15-11-14-9-10-16(17(14)12-18(15)19)13-7-4-3-5-8-13/h3-5,7-12,16H,2,6H2,1H3. The summed E-state index contributed by atoms with van der Waals surface area (Å²) in [6, 6.07) is 15.4. The number of halogens is 1. The summed E-state index contributed by atoms with van der Waals surface area (Å²) in [5.74, 6) is 0.406. The van der Waals surface area contributed by atoms with E-state index in [1.165, 1.54) is 33.1 Å². The number of rotatable bonds is 3. The third kappa shape index (κ3) is 2.40. The molecule has 0 nitrogen and oxygen atoms in total. The number of hydrogen-bond acceptors (Lipinski definition) is 0. The first-order valence-corrected chi connectivity index (χ1v) is 7.64. The molecule has 0 aromatic heterocycles. The molecule has 1 atom stereocenters. The Balaban J connectivity index is 2.02. The molecule has 96 valence electrons. The van der Waals surface area contributed by atoms with Gasteiger partial charge in [0.05, 0.1) is 0 Å². The molecule has 19 heavy (non-hydrogen) atoms. The molecule has 1 heteroatoms. The summed E-state index contributed by atoms with van der Waals surface area (Å²) < 4.78 is 1.25. The smallest absolute Gasteiger partial charge is 0.0279 e. The lowest BCUT2D eigenvalue weighted by Gasteiger charge is -2.14. The highest BCUT2D eigenvalue weighted by Crippen LogP contribution is 2.38. The van der Waals surface area contributed by atoms with Crippen molar-refractivity contribution < 1.29 is 0 Å². The Morgan fingerprint density at radius 3 is 2.63 bits per heavy atom. The van der Waals surface area contributed by atoms with E-state index in [-0.39, 0.29) is 0 Å². The van der Waals surface area contributed by atoms with Crippen LogP contribution < -0.4 is 0 Å². The molecule has 0 bridgehead atoms. The van der Waals surface area contributed by atoms with Crippen molar-refractivity contribution in [2.75, 3.05) is 0 Å². The van der Waals surface area contributed by atoms with E-state index < -0.39 is 0 Å². The van der Waals surface area contributed by atoms with Crippen molar-refractivity contribution >= 4 is 22.0 Å². The third-order valence-corrected chi connectivity index (χ3v) is 4.47. The first-order valence-electron chi connectivity index (χ1n) is 6.85. The Morgan fingerprint density at radius 2 is 1.89 bits per heavy atom. The molecule has 1 aliphatic carbocycles. The van der Waals surface area contributed by atoms with Crippen molar-refractivity contribution in [1.29, 1.82) is 0 Å². The van der Waals surface area contributed by atoms with Crippen molar-refractivity contribution in [2.24, 2.45) is 0 Å². The van der Waals surface area contributed by atoms with Crippen molar-refractivity contribution in [3.8, 4) is 0 Å². The number of fused-ring (bicyclic) bond motifs is 1.